The number of imide groups is 1. The standard InChI is InChI=1S/C19H21NO5/c1-24-12-9-7-11(8-10-12)20-16(21)15(17(22)25-2)19(18(20)23)13-5-3-4-6-14(13)19/h7-10,13-15H,3-6H2,1-2H3. The Labute approximate surface area is 146 Å². The van der Waals surface area contributed by atoms with E-state index < -0.39 is 23.2 Å². The number of anilines is 1. The molecule has 0 bridgehead atoms. The van der Waals surface area contributed by atoms with Crippen LogP contribution in [-0.4, -0.2) is 32.0 Å². The molecule has 3 fully saturated rings. The van der Waals surface area contributed by atoms with E-state index in [1.54, 1.807) is 31.4 Å². The van der Waals surface area contributed by atoms with Crippen LogP contribution in [0.25, 0.3) is 0 Å². The van der Waals surface area contributed by atoms with E-state index in [-0.39, 0.29) is 17.7 Å². The van der Waals surface area contributed by atoms with Crippen LogP contribution in [0.1, 0.15) is 25.7 Å². The number of hydrogen-bond acceptors (Lipinski definition) is 5. The summed E-state index contributed by atoms with van der Waals surface area (Å²) in [6.45, 7) is 0. The Morgan fingerprint density at radius 3 is 2.20 bits per heavy atom. The molecule has 1 aliphatic heterocycles. The summed E-state index contributed by atoms with van der Waals surface area (Å²) in [5.41, 5.74) is -0.411. The number of benzene rings is 1. The largest absolute Gasteiger partial charge is 0.497 e. The van der Waals surface area contributed by atoms with Crippen molar-refractivity contribution in [1.82, 2.24) is 0 Å². The lowest BCUT2D eigenvalue weighted by atomic mass is 9.87. The van der Waals surface area contributed by atoms with Gasteiger partial charge in [-0.1, -0.05) is 12.8 Å². The van der Waals surface area contributed by atoms with Crippen molar-refractivity contribution in [3.63, 3.8) is 0 Å². The fourth-order valence-electron chi connectivity index (χ4n) is 5.06. The van der Waals surface area contributed by atoms with Crippen LogP contribution in [0.5, 0.6) is 5.75 Å². The van der Waals surface area contributed by atoms with Crippen LogP contribution >= 0.6 is 0 Å². The molecule has 2 amide bonds. The van der Waals surface area contributed by atoms with E-state index in [1.165, 1.54) is 12.0 Å². The van der Waals surface area contributed by atoms with Gasteiger partial charge in [-0.2, -0.15) is 0 Å². The number of methoxy groups -OCH3 is 2. The molecular formula is C19H21NO5. The normalized spacial score (nSPS) is 33.4. The lowest BCUT2D eigenvalue weighted by Crippen LogP contribution is -2.32. The maximum absolute atomic E-state index is 13.3. The van der Waals surface area contributed by atoms with Crippen LogP contribution in [0.15, 0.2) is 24.3 Å². The molecule has 3 aliphatic rings. The molecule has 3 unspecified atom stereocenters. The Hall–Kier alpha value is -2.37. The lowest BCUT2D eigenvalue weighted by molar-refractivity contribution is -0.152. The van der Waals surface area contributed by atoms with Gasteiger partial charge in [-0.05, 0) is 48.9 Å². The minimum absolute atomic E-state index is 0.116. The van der Waals surface area contributed by atoms with Crippen molar-refractivity contribution in [3.8, 4) is 5.75 Å². The van der Waals surface area contributed by atoms with Gasteiger partial charge in [0.25, 0.3) is 0 Å². The summed E-state index contributed by atoms with van der Waals surface area (Å²) in [7, 11) is 2.83. The lowest BCUT2D eigenvalue weighted by Gasteiger charge is -2.15. The molecule has 0 radical (unpaired) electrons. The Balaban J connectivity index is 1.76. The molecule has 132 valence electrons. The molecule has 6 nitrogen and oxygen atoms in total. The average molecular weight is 343 g/mol. The topological polar surface area (TPSA) is 72.9 Å². The van der Waals surface area contributed by atoms with Crippen LogP contribution < -0.4 is 9.64 Å². The Morgan fingerprint density at radius 2 is 1.68 bits per heavy atom. The minimum Gasteiger partial charge on any atom is -0.497 e. The molecule has 1 aromatic carbocycles. The van der Waals surface area contributed by atoms with Crippen LogP contribution in [0.2, 0.25) is 0 Å². The van der Waals surface area contributed by atoms with E-state index in [2.05, 4.69) is 0 Å². The summed E-state index contributed by atoms with van der Waals surface area (Å²) in [6, 6.07) is 6.75. The summed E-state index contributed by atoms with van der Waals surface area (Å²) in [5, 5.41) is 0. The summed E-state index contributed by atoms with van der Waals surface area (Å²) in [5.74, 6) is -1.44. The van der Waals surface area contributed by atoms with E-state index in [4.69, 9.17) is 9.47 Å². The average Bonchev–Trinajstić information content (AvgIpc) is 3.25. The molecule has 0 N–H and O–H groups in total. The zero-order valence-electron chi connectivity index (χ0n) is 14.4. The SMILES string of the molecule is COC(=O)C1C(=O)N(c2ccc(OC)cc2)C(=O)C12C1CCCCC12. The van der Waals surface area contributed by atoms with Crippen LogP contribution in [-0.2, 0) is 19.1 Å². The number of rotatable bonds is 3. The Bertz CT molecular complexity index is 729. The first kappa shape index (κ1) is 16.1. The monoisotopic (exact) mass is 343 g/mol. The highest BCUT2D eigenvalue weighted by Gasteiger charge is 2.80. The molecule has 2 saturated carbocycles. The van der Waals surface area contributed by atoms with Crippen molar-refractivity contribution in [2.75, 3.05) is 19.1 Å². The maximum Gasteiger partial charge on any atom is 0.319 e. The number of fused-ring (bicyclic) bond motifs is 3. The highest BCUT2D eigenvalue weighted by atomic mass is 16.5. The highest BCUT2D eigenvalue weighted by molar-refractivity contribution is 6.30. The smallest absolute Gasteiger partial charge is 0.319 e. The van der Waals surface area contributed by atoms with Gasteiger partial charge in [-0.3, -0.25) is 14.4 Å². The summed E-state index contributed by atoms with van der Waals surface area (Å²) in [4.78, 5) is 39.9. The summed E-state index contributed by atoms with van der Waals surface area (Å²) >= 11 is 0. The van der Waals surface area contributed by atoms with Gasteiger partial charge in [0.05, 0.1) is 25.3 Å². The van der Waals surface area contributed by atoms with Gasteiger partial charge in [-0.15, -0.1) is 0 Å². The predicted octanol–water partition coefficient (Wildman–Crippen LogP) is 2.16. The van der Waals surface area contributed by atoms with Crippen molar-refractivity contribution in [2.24, 2.45) is 23.2 Å². The molecule has 1 spiro atoms. The number of amides is 2. The fraction of sp³-hybridized carbons (Fsp3) is 0.526. The van der Waals surface area contributed by atoms with Crippen molar-refractivity contribution in [3.05, 3.63) is 24.3 Å². The molecule has 2 aliphatic carbocycles. The first-order valence-electron chi connectivity index (χ1n) is 8.67. The molecule has 25 heavy (non-hydrogen) atoms. The number of ether oxygens (including phenoxy) is 2. The van der Waals surface area contributed by atoms with Gasteiger partial charge in [0.2, 0.25) is 11.8 Å². The van der Waals surface area contributed by atoms with Crippen molar-refractivity contribution >= 4 is 23.5 Å². The van der Waals surface area contributed by atoms with Crippen LogP contribution in [0, 0.1) is 23.2 Å². The molecule has 1 saturated heterocycles. The molecule has 0 aromatic heterocycles. The van der Waals surface area contributed by atoms with Crippen LogP contribution in [0.4, 0.5) is 5.69 Å². The molecule has 3 atom stereocenters. The zero-order valence-corrected chi connectivity index (χ0v) is 14.4. The van der Waals surface area contributed by atoms with Gasteiger partial charge in [-0.25, -0.2) is 4.90 Å². The quantitative estimate of drug-likeness (QED) is 0.478. The molecule has 6 heteroatoms. The van der Waals surface area contributed by atoms with Crippen molar-refractivity contribution < 1.29 is 23.9 Å². The van der Waals surface area contributed by atoms with Crippen molar-refractivity contribution in [1.29, 1.82) is 0 Å². The van der Waals surface area contributed by atoms with E-state index >= 15 is 0 Å². The zero-order chi connectivity index (χ0) is 17.8. The Morgan fingerprint density at radius 1 is 1.08 bits per heavy atom. The second-order valence-corrected chi connectivity index (χ2v) is 7.06. The number of esters is 1. The third kappa shape index (κ3) is 2.00. The van der Waals surface area contributed by atoms with E-state index in [1.807, 2.05) is 0 Å². The molecule has 1 aromatic rings. The van der Waals surface area contributed by atoms with Gasteiger partial charge in [0.15, 0.2) is 5.92 Å². The molecule has 1 heterocycles. The van der Waals surface area contributed by atoms with E-state index in [0.717, 1.165) is 25.7 Å². The van der Waals surface area contributed by atoms with E-state index in [9.17, 15) is 14.4 Å². The maximum atomic E-state index is 13.3. The summed E-state index contributed by atoms with van der Waals surface area (Å²) < 4.78 is 10.0. The first-order valence-corrected chi connectivity index (χ1v) is 8.67. The molecule has 4 rings (SSSR count). The second-order valence-electron chi connectivity index (χ2n) is 7.06. The highest BCUT2D eigenvalue weighted by Crippen LogP contribution is 2.72. The predicted molar refractivity (Wildman–Crippen MR) is 88.9 cm³/mol. The third-order valence-corrected chi connectivity index (χ3v) is 6.17. The number of carbonyl (C=O) groups is 3. The number of nitrogens with zero attached hydrogens (tertiary/aromatic N) is 1. The Kier molecular flexibility index (Phi) is 3.60. The van der Waals surface area contributed by atoms with Crippen molar-refractivity contribution in [2.45, 2.75) is 25.7 Å². The van der Waals surface area contributed by atoms with Gasteiger partial charge < -0.3 is 9.47 Å². The van der Waals surface area contributed by atoms with Gasteiger partial charge in [0.1, 0.15) is 5.75 Å². The third-order valence-electron chi connectivity index (χ3n) is 6.17. The summed E-state index contributed by atoms with van der Waals surface area (Å²) in [6.07, 6.45) is 3.88. The van der Waals surface area contributed by atoms with Gasteiger partial charge >= 0.3 is 5.97 Å². The fourth-order valence-corrected chi connectivity index (χ4v) is 5.06. The first-order chi connectivity index (χ1) is 12.1. The minimum atomic E-state index is -1.01. The van der Waals surface area contributed by atoms with E-state index in [0.29, 0.717) is 11.4 Å². The van der Waals surface area contributed by atoms with Crippen LogP contribution in [0.3, 0.4) is 0 Å². The molecular weight excluding hydrogens is 322 g/mol. The second kappa shape index (κ2) is 5.58. The number of carbonyl (C=O) groups excluding carboxylic acids is 3. The number of hydrogen-bond donors (Lipinski definition) is 0. The van der Waals surface area contributed by atoms with Gasteiger partial charge in [0, 0.05) is 0 Å².